The van der Waals surface area contributed by atoms with Crippen LogP contribution in [0.25, 0.3) is 5.65 Å². The molecule has 17 heavy (non-hydrogen) atoms. The molecule has 2 aromatic heterocycles. The van der Waals surface area contributed by atoms with Gasteiger partial charge in [-0.2, -0.15) is 9.61 Å². The summed E-state index contributed by atoms with van der Waals surface area (Å²) in [5, 5.41) is 4.14. The number of sulfone groups is 1. The molecule has 0 amide bonds. The minimum atomic E-state index is -2.90. The third-order valence-corrected chi connectivity index (χ3v) is 4.90. The predicted molar refractivity (Wildman–Crippen MR) is 63.4 cm³/mol. The van der Waals surface area contributed by atoms with Crippen LogP contribution in [0.15, 0.2) is 18.5 Å². The van der Waals surface area contributed by atoms with Crippen LogP contribution in [-0.2, 0) is 9.84 Å². The second kappa shape index (κ2) is 3.43. The maximum absolute atomic E-state index is 11.5. The van der Waals surface area contributed by atoms with Gasteiger partial charge in [-0.3, -0.25) is 0 Å². The minimum Gasteiger partial charge on any atom is -0.384 e. The molecule has 2 aromatic rings. The lowest BCUT2D eigenvalue weighted by atomic mass is 10.0. The van der Waals surface area contributed by atoms with E-state index in [-0.39, 0.29) is 17.4 Å². The highest BCUT2D eigenvalue weighted by Gasteiger charge is 2.31. The zero-order valence-corrected chi connectivity index (χ0v) is 9.89. The molecule has 0 aromatic carbocycles. The highest BCUT2D eigenvalue weighted by molar-refractivity contribution is 7.91. The fourth-order valence-corrected chi connectivity index (χ4v) is 4.03. The van der Waals surface area contributed by atoms with Crippen molar-refractivity contribution >= 4 is 21.3 Å². The molecule has 1 unspecified atom stereocenters. The SMILES string of the molecule is Nc1ccnc2c(C3CCS(=O)(=O)C3)cnn12. The van der Waals surface area contributed by atoms with Crippen molar-refractivity contribution in [1.29, 1.82) is 0 Å². The molecule has 1 fully saturated rings. The molecular formula is C10H12N4O2S. The second-order valence-corrected chi connectivity index (χ2v) is 6.53. The summed E-state index contributed by atoms with van der Waals surface area (Å²) in [6.45, 7) is 0. The number of anilines is 1. The van der Waals surface area contributed by atoms with E-state index in [0.717, 1.165) is 5.56 Å². The van der Waals surface area contributed by atoms with Crippen molar-refractivity contribution in [2.45, 2.75) is 12.3 Å². The fourth-order valence-electron chi connectivity index (χ4n) is 2.26. The largest absolute Gasteiger partial charge is 0.384 e. The number of nitrogens with zero attached hydrogens (tertiary/aromatic N) is 3. The van der Waals surface area contributed by atoms with Gasteiger partial charge in [-0.15, -0.1) is 0 Å². The van der Waals surface area contributed by atoms with E-state index in [1.165, 1.54) is 0 Å². The average molecular weight is 252 g/mol. The molecule has 0 aliphatic carbocycles. The Labute approximate surface area is 98.4 Å². The number of hydrogen-bond donors (Lipinski definition) is 1. The summed E-state index contributed by atoms with van der Waals surface area (Å²) in [6.07, 6.45) is 3.92. The van der Waals surface area contributed by atoms with E-state index in [0.29, 0.717) is 17.9 Å². The molecule has 3 heterocycles. The molecule has 3 rings (SSSR count). The van der Waals surface area contributed by atoms with Crippen LogP contribution in [0.1, 0.15) is 17.9 Å². The van der Waals surface area contributed by atoms with Crippen molar-refractivity contribution in [3.05, 3.63) is 24.0 Å². The fraction of sp³-hybridized carbons (Fsp3) is 0.400. The molecule has 1 saturated heterocycles. The summed E-state index contributed by atoms with van der Waals surface area (Å²) in [7, 11) is -2.90. The van der Waals surface area contributed by atoms with Gasteiger partial charge in [0, 0.05) is 17.7 Å². The number of aromatic nitrogens is 3. The van der Waals surface area contributed by atoms with Gasteiger partial charge in [-0.1, -0.05) is 0 Å². The summed E-state index contributed by atoms with van der Waals surface area (Å²) >= 11 is 0. The third-order valence-electron chi connectivity index (χ3n) is 3.13. The van der Waals surface area contributed by atoms with E-state index in [1.54, 1.807) is 23.0 Å². The van der Waals surface area contributed by atoms with Crippen LogP contribution in [0.3, 0.4) is 0 Å². The van der Waals surface area contributed by atoms with Crippen molar-refractivity contribution < 1.29 is 8.42 Å². The van der Waals surface area contributed by atoms with Crippen molar-refractivity contribution in [2.75, 3.05) is 17.2 Å². The Hall–Kier alpha value is -1.63. The first-order valence-corrected chi connectivity index (χ1v) is 7.17. The molecule has 2 N–H and O–H groups in total. The molecule has 1 atom stereocenters. The summed E-state index contributed by atoms with van der Waals surface area (Å²) < 4.78 is 24.5. The Balaban J connectivity index is 2.11. The normalized spacial score (nSPS) is 23.2. The molecule has 0 bridgehead atoms. The number of nitrogen functional groups attached to an aromatic ring is 1. The highest BCUT2D eigenvalue weighted by atomic mass is 32.2. The van der Waals surface area contributed by atoms with Crippen molar-refractivity contribution in [2.24, 2.45) is 0 Å². The molecule has 0 saturated carbocycles. The molecule has 0 spiro atoms. The first-order chi connectivity index (χ1) is 8.07. The molecule has 1 aliphatic rings. The number of fused-ring (bicyclic) bond motifs is 1. The summed E-state index contributed by atoms with van der Waals surface area (Å²) in [5.41, 5.74) is 7.30. The van der Waals surface area contributed by atoms with Gasteiger partial charge < -0.3 is 5.73 Å². The van der Waals surface area contributed by atoms with Crippen LogP contribution in [-0.4, -0.2) is 34.5 Å². The Kier molecular flexibility index (Phi) is 2.12. The lowest BCUT2D eigenvalue weighted by Gasteiger charge is -2.04. The minimum absolute atomic E-state index is 0.00759. The van der Waals surface area contributed by atoms with Gasteiger partial charge >= 0.3 is 0 Å². The maximum atomic E-state index is 11.5. The lowest BCUT2D eigenvalue weighted by molar-refractivity contribution is 0.601. The lowest BCUT2D eigenvalue weighted by Crippen LogP contribution is -2.04. The van der Waals surface area contributed by atoms with E-state index in [9.17, 15) is 8.42 Å². The van der Waals surface area contributed by atoms with E-state index >= 15 is 0 Å². The average Bonchev–Trinajstić information content (AvgIpc) is 2.82. The smallest absolute Gasteiger partial charge is 0.160 e. The standard InChI is InChI=1S/C10H12N4O2S/c11-9-1-3-12-10-8(5-13-14(9)10)7-2-4-17(15,16)6-7/h1,3,5,7H,2,4,6,11H2. The van der Waals surface area contributed by atoms with Gasteiger partial charge in [-0.25, -0.2) is 13.4 Å². The third kappa shape index (κ3) is 1.66. The van der Waals surface area contributed by atoms with E-state index in [2.05, 4.69) is 10.1 Å². The zero-order chi connectivity index (χ0) is 12.0. The van der Waals surface area contributed by atoms with Crippen LogP contribution in [0.4, 0.5) is 5.82 Å². The van der Waals surface area contributed by atoms with Gasteiger partial charge in [0.05, 0.1) is 17.7 Å². The number of rotatable bonds is 1. The summed E-state index contributed by atoms with van der Waals surface area (Å²) in [4.78, 5) is 4.22. The van der Waals surface area contributed by atoms with E-state index in [1.807, 2.05) is 0 Å². The molecule has 7 heteroatoms. The maximum Gasteiger partial charge on any atom is 0.160 e. The van der Waals surface area contributed by atoms with Crippen molar-refractivity contribution in [1.82, 2.24) is 14.6 Å². The van der Waals surface area contributed by atoms with Crippen LogP contribution in [0, 0.1) is 0 Å². The molecule has 1 aliphatic heterocycles. The van der Waals surface area contributed by atoms with E-state index in [4.69, 9.17) is 5.73 Å². The van der Waals surface area contributed by atoms with Gasteiger partial charge in [0.15, 0.2) is 15.5 Å². The highest BCUT2D eigenvalue weighted by Crippen LogP contribution is 2.31. The molecular weight excluding hydrogens is 240 g/mol. The van der Waals surface area contributed by atoms with E-state index < -0.39 is 9.84 Å². The molecule has 90 valence electrons. The van der Waals surface area contributed by atoms with Gasteiger partial charge in [0.1, 0.15) is 5.82 Å². The van der Waals surface area contributed by atoms with Crippen molar-refractivity contribution in [3.8, 4) is 0 Å². The Morgan fingerprint density at radius 2 is 2.29 bits per heavy atom. The van der Waals surface area contributed by atoms with Crippen LogP contribution >= 0.6 is 0 Å². The quantitative estimate of drug-likeness (QED) is 0.783. The van der Waals surface area contributed by atoms with Crippen LogP contribution in [0.2, 0.25) is 0 Å². The van der Waals surface area contributed by atoms with Crippen LogP contribution < -0.4 is 5.73 Å². The number of nitrogens with two attached hydrogens (primary N) is 1. The number of hydrogen-bond acceptors (Lipinski definition) is 5. The first-order valence-electron chi connectivity index (χ1n) is 5.35. The van der Waals surface area contributed by atoms with Gasteiger partial charge in [0.2, 0.25) is 0 Å². The van der Waals surface area contributed by atoms with Crippen molar-refractivity contribution in [3.63, 3.8) is 0 Å². The monoisotopic (exact) mass is 252 g/mol. The van der Waals surface area contributed by atoms with Crippen LogP contribution in [0.5, 0.6) is 0 Å². The Morgan fingerprint density at radius 1 is 1.47 bits per heavy atom. The van der Waals surface area contributed by atoms with Gasteiger partial charge in [-0.05, 0) is 12.5 Å². The topological polar surface area (TPSA) is 90.3 Å². The predicted octanol–water partition coefficient (Wildman–Crippen LogP) is 0.214. The summed E-state index contributed by atoms with van der Waals surface area (Å²) in [6, 6.07) is 1.66. The molecule has 6 nitrogen and oxygen atoms in total. The summed E-state index contributed by atoms with van der Waals surface area (Å²) in [5.74, 6) is 0.927. The zero-order valence-electron chi connectivity index (χ0n) is 9.07. The van der Waals surface area contributed by atoms with Gasteiger partial charge in [0.25, 0.3) is 0 Å². The Bertz CT molecular complexity index is 677. The molecule has 0 radical (unpaired) electrons. The first kappa shape index (κ1) is 10.5. The second-order valence-electron chi connectivity index (χ2n) is 4.30. The Morgan fingerprint density at radius 3 is 3.00 bits per heavy atom.